The van der Waals surface area contributed by atoms with Crippen molar-refractivity contribution >= 4 is 17.0 Å². The maximum absolute atomic E-state index is 12.0. The van der Waals surface area contributed by atoms with E-state index in [0.717, 1.165) is 10.9 Å². The highest BCUT2D eigenvalue weighted by molar-refractivity contribution is 5.89. The number of carbonyl (C=O) groups excluding carboxylic acids is 1. The van der Waals surface area contributed by atoms with E-state index >= 15 is 0 Å². The average molecular weight is 242 g/mol. The molecule has 0 unspecified atom stereocenters. The first-order valence-electron chi connectivity index (χ1n) is 5.36. The van der Waals surface area contributed by atoms with Gasteiger partial charge < -0.3 is 4.74 Å². The molecule has 18 heavy (non-hydrogen) atoms. The van der Waals surface area contributed by atoms with Gasteiger partial charge >= 0.3 is 6.09 Å². The number of carbonyl (C=O) groups is 1. The normalized spacial score (nSPS) is 10.7. The van der Waals surface area contributed by atoms with Crippen LogP contribution in [-0.4, -0.2) is 25.4 Å². The summed E-state index contributed by atoms with van der Waals surface area (Å²) in [5.74, 6) is 0.415. The smallest absolute Gasteiger partial charge is 0.406 e. The maximum Gasteiger partial charge on any atom is 0.424 e. The summed E-state index contributed by atoms with van der Waals surface area (Å²) >= 11 is 0. The zero-order valence-corrected chi connectivity index (χ0v) is 9.65. The fraction of sp³-hybridized carbons (Fsp3) is 0.0833. The monoisotopic (exact) mass is 242 g/mol. The first-order valence-corrected chi connectivity index (χ1v) is 5.36. The van der Waals surface area contributed by atoms with Gasteiger partial charge in [-0.2, -0.15) is 5.10 Å². The third-order valence-electron chi connectivity index (χ3n) is 2.57. The van der Waals surface area contributed by atoms with Gasteiger partial charge in [-0.25, -0.2) is 4.79 Å². The third-order valence-corrected chi connectivity index (χ3v) is 2.57. The van der Waals surface area contributed by atoms with Gasteiger partial charge in [0.05, 0.1) is 17.9 Å². The fourth-order valence-electron chi connectivity index (χ4n) is 1.74. The summed E-state index contributed by atoms with van der Waals surface area (Å²) in [6.07, 6.45) is 7.64. The molecule has 0 aliphatic heterocycles. The van der Waals surface area contributed by atoms with Gasteiger partial charge in [-0.1, -0.05) is 0 Å². The molecule has 0 aliphatic rings. The van der Waals surface area contributed by atoms with Crippen LogP contribution in [0.4, 0.5) is 4.79 Å². The van der Waals surface area contributed by atoms with Crippen LogP contribution in [0, 0.1) is 0 Å². The van der Waals surface area contributed by atoms with E-state index in [1.807, 2.05) is 6.07 Å². The predicted molar refractivity (Wildman–Crippen MR) is 64.4 cm³/mol. The largest absolute Gasteiger partial charge is 0.424 e. The van der Waals surface area contributed by atoms with Gasteiger partial charge in [0.15, 0.2) is 5.75 Å². The zero-order valence-electron chi connectivity index (χ0n) is 9.65. The average Bonchev–Trinajstić information content (AvgIpc) is 2.95. The summed E-state index contributed by atoms with van der Waals surface area (Å²) in [6, 6.07) is 3.58. The van der Waals surface area contributed by atoms with Gasteiger partial charge in [-0.05, 0) is 12.1 Å². The van der Waals surface area contributed by atoms with Crippen molar-refractivity contribution in [3.05, 3.63) is 43.1 Å². The summed E-state index contributed by atoms with van der Waals surface area (Å²) in [7, 11) is 1.76. The second-order valence-electron chi connectivity index (χ2n) is 3.84. The Morgan fingerprint density at radius 3 is 3.00 bits per heavy atom. The molecule has 0 fully saturated rings. The lowest BCUT2D eigenvalue weighted by atomic mass is 10.3. The minimum atomic E-state index is -0.468. The Kier molecular flexibility index (Phi) is 2.33. The van der Waals surface area contributed by atoms with Crippen LogP contribution in [0.5, 0.6) is 5.75 Å². The van der Waals surface area contributed by atoms with Crippen molar-refractivity contribution in [2.75, 3.05) is 0 Å². The lowest BCUT2D eigenvalue weighted by molar-refractivity contribution is 0.203. The molecule has 3 rings (SSSR count). The Hall–Kier alpha value is -2.63. The molecule has 0 saturated heterocycles. The Bertz CT molecular complexity index is 714. The number of fused-ring (bicyclic) bond motifs is 1. The van der Waals surface area contributed by atoms with Gasteiger partial charge in [0.25, 0.3) is 0 Å². The second kappa shape index (κ2) is 3.99. The van der Waals surface area contributed by atoms with Crippen molar-refractivity contribution in [3.8, 4) is 5.75 Å². The van der Waals surface area contributed by atoms with Crippen molar-refractivity contribution in [3.63, 3.8) is 0 Å². The van der Waals surface area contributed by atoms with E-state index < -0.39 is 6.09 Å². The van der Waals surface area contributed by atoms with Crippen molar-refractivity contribution < 1.29 is 9.53 Å². The van der Waals surface area contributed by atoms with E-state index in [1.165, 1.54) is 10.8 Å². The summed E-state index contributed by atoms with van der Waals surface area (Å²) in [4.78, 5) is 16.0. The molecular formula is C12H10N4O2. The van der Waals surface area contributed by atoms with Crippen LogP contribution in [0.1, 0.15) is 0 Å². The maximum atomic E-state index is 12.0. The van der Waals surface area contributed by atoms with Crippen molar-refractivity contribution in [1.29, 1.82) is 0 Å². The zero-order chi connectivity index (χ0) is 12.5. The van der Waals surface area contributed by atoms with E-state index in [0.29, 0.717) is 5.75 Å². The number of ether oxygens (including phenoxy) is 1. The van der Waals surface area contributed by atoms with Gasteiger partial charge in [0, 0.05) is 31.0 Å². The molecule has 0 aromatic carbocycles. The Morgan fingerprint density at radius 1 is 1.33 bits per heavy atom. The topological polar surface area (TPSA) is 61.9 Å². The predicted octanol–water partition coefficient (Wildman–Crippen LogP) is 1.82. The van der Waals surface area contributed by atoms with Crippen molar-refractivity contribution in [2.45, 2.75) is 0 Å². The SMILES string of the molecule is Cn1cc(OC(=O)n2ccc3cnccc32)cn1. The molecule has 0 amide bonds. The van der Waals surface area contributed by atoms with Crippen molar-refractivity contribution in [1.82, 2.24) is 19.3 Å². The van der Waals surface area contributed by atoms with E-state index in [1.54, 1.807) is 42.6 Å². The van der Waals surface area contributed by atoms with E-state index in [4.69, 9.17) is 4.74 Å². The lowest BCUT2D eigenvalue weighted by Gasteiger charge is -2.03. The molecule has 0 radical (unpaired) electrons. The first kappa shape index (κ1) is 10.5. The molecule has 0 aliphatic carbocycles. The van der Waals surface area contributed by atoms with Crippen LogP contribution in [0.15, 0.2) is 43.1 Å². The number of pyridine rings is 1. The molecule has 90 valence electrons. The van der Waals surface area contributed by atoms with Crippen LogP contribution in [0.25, 0.3) is 10.9 Å². The highest BCUT2D eigenvalue weighted by Crippen LogP contribution is 2.15. The van der Waals surface area contributed by atoms with Crippen LogP contribution < -0.4 is 4.74 Å². The molecule has 0 bridgehead atoms. The van der Waals surface area contributed by atoms with Gasteiger partial charge in [0.2, 0.25) is 0 Å². The molecule has 3 aromatic rings. The van der Waals surface area contributed by atoms with Gasteiger partial charge in [-0.3, -0.25) is 14.2 Å². The fourth-order valence-corrected chi connectivity index (χ4v) is 1.74. The number of hydrogen-bond donors (Lipinski definition) is 0. The minimum Gasteiger partial charge on any atom is -0.406 e. The number of aromatic nitrogens is 4. The minimum absolute atomic E-state index is 0.415. The number of nitrogens with zero attached hydrogens (tertiary/aromatic N) is 4. The molecule has 0 spiro atoms. The molecule has 0 atom stereocenters. The molecule has 6 heteroatoms. The van der Waals surface area contributed by atoms with Crippen LogP contribution in [0.2, 0.25) is 0 Å². The Balaban J connectivity index is 1.92. The van der Waals surface area contributed by atoms with Gasteiger partial charge in [0.1, 0.15) is 0 Å². The molecule has 3 heterocycles. The van der Waals surface area contributed by atoms with Crippen LogP contribution in [-0.2, 0) is 7.05 Å². The third kappa shape index (κ3) is 1.73. The summed E-state index contributed by atoms with van der Waals surface area (Å²) in [5.41, 5.74) is 0.763. The van der Waals surface area contributed by atoms with E-state index in [9.17, 15) is 4.79 Å². The standard InChI is InChI=1S/C12H10N4O2/c1-15-8-10(7-14-15)18-12(17)16-5-3-9-6-13-4-2-11(9)16/h2-8H,1H3. The van der Waals surface area contributed by atoms with Gasteiger partial charge in [-0.15, -0.1) is 0 Å². The number of hydrogen-bond acceptors (Lipinski definition) is 4. The highest BCUT2D eigenvalue weighted by atomic mass is 16.6. The van der Waals surface area contributed by atoms with Crippen LogP contribution >= 0.6 is 0 Å². The summed E-state index contributed by atoms with van der Waals surface area (Å²) in [6.45, 7) is 0. The molecule has 0 N–H and O–H groups in total. The Morgan fingerprint density at radius 2 is 2.22 bits per heavy atom. The Labute approximate surface area is 102 Å². The number of aryl methyl sites for hydroxylation is 1. The first-order chi connectivity index (χ1) is 8.74. The van der Waals surface area contributed by atoms with E-state index in [2.05, 4.69) is 10.1 Å². The van der Waals surface area contributed by atoms with Crippen LogP contribution in [0.3, 0.4) is 0 Å². The molecule has 0 saturated carbocycles. The summed E-state index contributed by atoms with van der Waals surface area (Å²) < 4.78 is 8.21. The molecule has 6 nitrogen and oxygen atoms in total. The van der Waals surface area contributed by atoms with E-state index in [-0.39, 0.29) is 0 Å². The number of rotatable bonds is 1. The lowest BCUT2D eigenvalue weighted by Crippen LogP contribution is -2.15. The van der Waals surface area contributed by atoms with Crippen molar-refractivity contribution in [2.24, 2.45) is 7.05 Å². The highest BCUT2D eigenvalue weighted by Gasteiger charge is 2.11. The molecule has 3 aromatic heterocycles. The quantitative estimate of drug-likeness (QED) is 0.653. The summed E-state index contributed by atoms with van der Waals surface area (Å²) in [5, 5.41) is 4.82. The molecular weight excluding hydrogens is 232 g/mol. The second-order valence-corrected chi connectivity index (χ2v) is 3.84.